The number of nitrogens with two attached hydrogens (primary N) is 1. The van der Waals surface area contributed by atoms with Crippen LogP contribution in [-0.4, -0.2) is 74.9 Å². The monoisotopic (exact) mass is 669 g/mol. The van der Waals surface area contributed by atoms with Crippen LogP contribution in [-0.2, 0) is 36.8 Å². The minimum atomic E-state index is -1.13. The summed E-state index contributed by atoms with van der Waals surface area (Å²) >= 11 is 0. The zero-order valence-electron chi connectivity index (χ0n) is 29.3. The number of carbonyl (C=O) groups is 5. The fourth-order valence-corrected chi connectivity index (χ4v) is 5.60. The molecule has 266 valence electrons. The number of imidazole rings is 1. The molecule has 0 bridgehead atoms. The van der Waals surface area contributed by atoms with Gasteiger partial charge in [-0.25, -0.2) is 4.98 Å². The van der Waals surface area contributed by atoms with Crippen molar-refractivity contribution in [3.05, 3.63) is 54.1 Å². The van der Waals surface area contributed by atoms with E-state index in [4.69, 9.17) is 5.73 Å². The van der Waals surface area contributed by atoms with Crippen LogP contribution in [0.5, 0.6) is 0 Å². The molecule has 8 N–H and O–H groups in total. The second kappa shape index (κ2) is 19.5. The molecular formula is C35H55N7O6. The van der Waals surface area contributed by atoms with E-state index in [-0.39, 0.29) is 37.0 Å². The van der Waals surface area contributed by atoms with Crippen molar-refractivity contribution in [1.82, 2.24) is 31.2 Å². The van der Waals surface area contributed by atoms with E-state index in [0.717, 1.165) is 5.56 Å². The smallest absolute Gasteiger partial charge is 0.243 e. The minimum absolute atomic E-state index is 0.0202. The highest BCUT2D eigenvalue weighted by Crippen LogP contribution is 2.23. The number of hydrogen-bond acceptors (Lipinski definition) is 7. The first-order chi connectivity index (χ1) is 22.6. The first-order valence-electron chi connectivity index (χ1n) is 16.8. The van der Waals surface area contributed by atoms with E-state index >= 15 is 0 Å². The lowest BCUT2D eigenvalue weighted by atomic mass is 9.85. The molecule has 48 heavy (non-hydrogen) atoms. The number of aliphatic hydroxyl groups is 1. The number of hydrogen-bond donors (Lipinski definition) is 7. The number of aliphatic hydroxyl groups excluding tert-OH is 1. The van der Waals surface area contributed by atoms with E-state index in [1.165, 1.54) is 13.3 Å². The second-order valence-corrected chi connectivity index (χ2v) is 13.5. The second-order valence-electron chi connectivity index (χ2n) is 13.5. The Bertz CT molecular complexity index is 1320. The molecule has 1 aromatic heterocycles. The summed E-state index contributed by atoms with van der Waals surface area (Å²) in [5.74, 6) is -3.46. The summed E-state index contributed by atoms with van der Waals surface area (Å²) in [6.45, 7) is 12.7. The summed E-state index contributed by atoms with van der Waals surface area (Å²) in [5.41, 5.74) is 7.01. The van der Waals surface area contributed by atoms with Gasteiger partial charge >= 0.3 is 0 Å². The highest BCUT2D eigenvalue weighted by molar-refractivity contribution is 5.92. The largest absolute Gasteiger partial charge is 0.391 e. The number of nitrogens with zero attached hydrogens (tertiary/aromatic N) is 1. The third-order valence-electron chi connectivity index (χ3n) is 8.56. The molecule has 0 fully saturated rings. The number of nitrogens with one attached hydrogen (secondary N) is 5. The van der Waals surface area contributed by atoms with Gasteiger partial charge in [0.15, 0.2) is 0 Å². The van der Waals surface area contributed by atoms with Gasteiger partial charge in [0.05, 0.1) is 18.5 Å². The first-order valence-corrected chi connectivity index (χ1v) is 16.8. The highest BCUT2D eigenvalue weighted by atomic mass is 16.3. The highest BCUT2D eigenvalue weighted by Gasteiger charge is 2.35. The molecule has 0 saturated carbocycles. The molecule has 7 unspecified atom stereocenters. The van der Waals surface area contributed by atoms with Crippen molar-refractivity contribution in [2.45, 2.75) is 111 Å². The predicted octanol–water partition coefficient (Wildman–Crippen LogP) is 1.75. The number of primary amides is 1. The van der Waals surface area contributed by atoms with Crippen LogP contribution in [0.4, 0.5) is 0 Å². The maximum atomic E-state index is 13.9. The van der Waals surface area contributed by atoms with Gasteiger partial charge in [-0.1, -0.05) is 78.3 Å². The zero-order valence-corrected chi connectivity index (χ0v) is 29.3. The van der Waals surface area contributed by atoms with E-state index in [1.807, 2.05) is 71.9 Å². The van der Waals surface area contributed by atoms with Crippen LogP contribution in [0, 0.1) is 23.7 Å². The van der Waals surface area contributed by atoms with Crippen molar-refractivity contribution < 1.29 is 29.1 Å². The van der Waals surface area contributed by atoms with E-state index < -0.39 is 65.7 Å². The number of aromatic amines is 1. The van der Waals surface area contributed by atoms with Crippen molar-refractivity contribution in [3.8, 4) is 0 Å². The van der Waals surface area contributed by atoms with Gasteiger partial charge in [0.25, 0.3) is 0 Å². The Balaban J connectivity index is 2.30. The summed E-state index contributed by atoms with van der Waals surface area (Å²) in [6, 6.07) is 5.59. The Morgan fingerprint density at radius 1 is 0.854 bits per heavy atom. The molecule has 0 aliphatic carbocycles. The van der Waals surface area contributed by atoms with Gasteiger partial charge in [-0.15, -0.1) is 0 Å². The fraction of sp³-hybridized carbons (Fsp3) is 0.600. The minimum Gasteiger partial charge on any atom is -0.391 e. The number of benzene rings is 1. The van der Waals surface area contributed by atoms with Crippen molar-refractivity contribution in [2.24, 2.45) is 29.4 Å². The third-order valence-corrected chi connectivity index (χ3v) is 8.56. The normalized spacial score (nSPS) is 15.8. The lowest BCUT2D eigenvalue weighted by Crippen LogP contribution is -2.57. The average molecular weight is 670 g/mol. The van der Waals surface area contributed by atoms with Crippen LogP contribution < -0.4 is 27.0 Å². The van der Waals surface area contributed by atoms with Gasteiger partial charge in [-0.05, 0) is 36.2 Å². The molecule has 5 amide bonds. The molecule has 2 aromatic rings. The van der Waals surface area contributed by atoms with Crippen molar-refractivity contribution in [1.29, 1.82) is 0 Å². The number of rotatable bonds is 20. The van der Waals surface area contributed by atoms with E-state index in [0.29, 0.717) is 18.5 Å². The number of H-pyrrole nitrogens is 1. The molecule has 0 radical (unpaired) electrons. The topological polar surface area (TPSA) is 208 Å². The molecule has 1 heterocycles. The van der Waals surface area contributed by atoms with Crippen LogP contribution >= 0.6 is 0 Å². The third kappa shape index (κ3) is 13.1. The number of carbonyl (C=O) groups excluding carboxylic acids is 5. The molecule has 1 aromatic carbocycles. The summed E-state index contributed by atoms with van der Waals surface area (Å²) in [5, 5.41) is 22.7. The Hall–Kier alpha value is -4.26. The predicted molar refractivity (Wildman–Crippen MR) is 183 cm³/mol. The summed E-state index contributed by atoms with van der Waals surface area (Å²) in [7, 11) is 0. The quantitative estimate of drug-likeness (QED) is 0.111. The molecule has 0 aliphatic heterocycles. The van der Waals surface area contributed by atoms with Gasteiger partial charge in [0.1, 0.15) is 18.1 Å². The van der Waals surface area contributed by atoms with Crippen molar-refractivity contribution in [2.75, 3.05) is 0 Å². The number of aromatic nitrogens is 2. The molecule has 7 atom stereocenters. The van der Waals surface area contributed by atoms with E-state index in [9.17, 15) is 29.1 Å². The average Bonchev–Trinajstić information content (AvgIpc) is 3.53. The van der Waals surface area contributed by atoms with Gasteiger partial charge in [-0.2, -0.15) is 0 Å². The molecule has 0 aliphatic rings. The van der Waals surface area contributed by atoms with Crippen molar-refractivity contribution in [3.63, 3.8) is 0 Å². The van der Waals surface area contributed by atoms with E-state index in [1.54, 1.807) is 6.20 Å². The van der Waals surface area contributed by atoms with Gasteiger partial charge < -0.3 is 37.1 Å². The Labute approximate surface area is 284 Å². The van der Waals surface area contributed by atoms with Crippen LogP contribution in [0.2, 0.25) is 0 Å². The van der Waals surface area contributed by atoms with Gasteiger partial charge in [-0.3, -0.25) is 24.0 Å². The Morgan fingerprint density at radius 2 is 1.48 bits per heavy atom. The number of amides is 5. The maximum absolute atomic E-state index is 13.9. The van der Waals surface area contributed by atoms with Crippen LogP contribution in [0.1, 0.15) is 79.0 Å². The molecule has 13 nitrogen and oxygen atoms in total. The zero-order chi connectivity index (χ0) is 36.0. The van der Waals surface area contributed by atoms with Crippen LogP contribution in [0.15, 0.2) is 42.9 Å². The van der Waals surface area contributed by atoms with E-state index in [2.05, 4.69) is 31.2 Å². The Morgan fingerprint density at radius 3 is 2.00 bits per heavy atom. The summed E-state index contributed by atoms with van der Waals surface area (Å²) in [4.78, 5) is 71.9. The summed E-state index contributed by atoms with van der Waals surface area (Å²) < 4.78 is 0. The lowest BCUT2D eigenvalue weighted by molar-refractivity contribution is -0.133. The standard InChI is InChI=1S/C35H55N7O6/c1-8-22(6)31(32(36)45)42-33(46)26(21(4)5)17-30(44)27(14-20(2)3)40-35(48)29(16-25-18-37-19-38-25)41-34(47)28(39-23(7)43)15-24-12-10-9-11-13-24/h9-13,18-22,26-31,44H,8,14-17H2,1-7H3,(H2,36,45)(H,37,38)(H,39,43)(H,40,48)(H,41,47)(H,42,46). The molecule has 13 heteroatoms. The van der Waals surface area contributed by atoms with Crippen LogP contribution in [0.3, 0.4) is 0 Å². The Kier molecular flexibility index (Phi) is 16.2. The molecule has 2 rings (SSSR count). The van der Waals surface area contributed by atoms with Gasteiger partial charge in [0.2, 0.25) is 29.5 Å². The molecule has 0 saturated heterocycles. The fourth-order valence-electron chi connectivity index (χ4n) is 5.60. The van der Waals surface area contributed by atoms with Crippen molar-refractivity contribution >= 4 is 29.5 Å². The van der Waals surface area contributed by atoms with Gasteiger partial charge in [0, 0.05) is 37.6 Å². The molecule has 0 spiro atoms. The summed E-state index contributed by atoms with van der Waals surface area (Å²) in [6.07, 6.45) is 3.22. The maximum Gasteiger partial charge on any atom is 0.243 e. The first kappa shape index (κ1) is 39.9. The lowest BCUT2D eigenvalue weighted by Gasteiger charge is -2.32. The SMILES string of the molecule is CCC(C)C(NC(=O)C(CC(O)C(CC(C)C)NC(=O)C(Cc1cnc[nH]1)NC(=O)C(Cc1ccccc1)NC(C)=O)C(C)C)C(N)=O. The van der Waals surface area contributed by atoms with Crippen LogP contribution in [0.25, 0.3) is 0 Å². The molecular weight excluding hydrogens is 614 g/mol.